The molecule has 0 aromatic carbocycles. The quantitative estimate of drug-likeness (QED) is 0.851. The monoisotopic (exact) mass is 309 g/mol. The van der Waals surface area contributed by atoms with Gasteiger partial charge in [0.1, 0.15) is 5.69 Å². The van der Waals surface area contributed by atoms with Crippen LogP contribution in [0.2, 0.25) is 0 Å². The van der Waals surface area contributed by atoms with E-state index in [1.165, 1.54) is 6.07 Å². The first-order valence-corrected chi connectivity index (χ1v) is 7.71. The first kappa shape index (κ1) is 15.3. The zero-order chi connectivity index (χ0) is 15.0. The maximum absolute atomic E-state index is 13.1. The zero-order valence-corrected chi connectivity index (χ0v) is 11.6. The fourth-order valence-corrected chi connectivity index (χ4v) is 3.13. The van der Waals surface area contributed by atoms with Crippen molar-refractivity contribution in [3.8, 4) is 0 Å². The van der Waals surface area contributed by atoms with Crippen molar-refractivity contribution in [2.45, 2.75) is 31.8 Å². The summed E-state index contributed by atoms with van der Waals surface area (Å²) >= 11 is 0. The standard InChI is InChI=1S/C11H16F2N2O4S/c1-11(12,13)10-5-8(14-15-10)9-4-7(2-3-19-9)6-20(16,17)18/h5,7,9H,2-4,6H2,1H3,(H,14,15)(H,16,17,18)/p-1. The van der Waals surface area contributed by atoms with Gasteiger partial charge in [-0.15, -0.1) is 0 Å². The van der Waals surface area contributed by atoms with Crippen molar-refractivity contribution in [2.75, 3.05) is 12.4 Å². The summed E-state index contributed by atoms with van der Waals surface area (Å²) in [5, 5.41) is 6.01. The largest absolute Gasteiger partial charge is 0.748 e. The summed E-state index contributed by atoms with van der Waals surface area (Å²) in [7, 11) is -4.30. The van der Waals surface area contributed by atoms with Gasteiger partial charge in [-0.1, -0.05) is 0 Å². The molecule has 0 saturated carbocycles. The first-order chi connectivity index (χ1) is 9.15. The predicted octanol–water partition coefficient (Wildman–Crippen LogP) is 1.53. The molecule has 0 aliphatic carbocycles. The summed E-state index contributed by atoms with van der Waals surface area (Å²) in [5.74, 6) is -3.84. The Morgan fingerprint density at radius 1 is 1.60 bits per heavy atom. The Kier molecular flexibility index (Phi) is 4.12. The Balaban J connectivity index is 2.07. The van der Waals surface area contributed by atoms with E-state index in [9.17, 15) is 21.8 Å². The molecule has 1 fully saturated rings. The van der Waals surface area contributed by atoms with Crippen molar-refractivity contribution in [3.05, 3.63) is 17.5 Å². The lowest BCUT2D eigenvalue weighted by molar-refractivity contribution is -0.00849. The van der Waals surface area contributed by atoms with Gasteiger partial charge in [-0.25, -0.2) is 8.42 Å². The molecule has 1 aromatic rings. The molecule has 1 saturated heterocycles. The van der Waals surface area contributed by atoms with Crippen LogP contribution in [0.5, 0.6) is 0 Å². The molecular formula is C11H15F2N2O4S-. The minimum Gasteiger partial charge on any atom is -0.748 e. The van der Waals surface area contributed by atoms with E-state index in [2.05, 4.69) is 10.2 Å². The Morgan fingerprint density at radius 3 is 2.85 bits per heavy atom. The summed E-state index contributed by atoms with van der Waals surface area (Å²) in [6.45, 7) is 1.02. The molecule has 2 rings (SSSR count). The molecule has 2 unspecified atom stereocenters. The van der Waals surface area contributed by atoms with Crippen LogP contribution in [0.1, 0.15) is 37.3 Å². The first-order valence-electron chi connectivity index (χ1n) is 6.14. The highest BCUT2D eigenvalue weighted by molar-refractivity contribution is 7.85. The van der Waals surface area contributed by atoms with Gasteiger partial charge in [0, 0.05) is 19.3 Å². The number of hydrogen-bond donors (Lipinski definition) is 1. The van der Waals surface area contributed by atoms with Crippen molar-refractivity contribution in [1.82, 2.24) is 10.2 Å². The van der Waals surface area contributed by atoms with Gasteiger partial charge in [-0.3, -0.25) is 5.10 Å². The Labute approximate surface area is 115 Å². The van der Waals surface area contributed by atoms with Crippen LogP contribution in [-0.4, -0.2) is 35.5 Å². The average molecular weight is 309 g/mol. The van der Waals surface area contributed by atoms with Crippen molar-refractivity contribution < 1.29 is 26.5 Å². The SMILES string of the molecule is CC(F)(F)c1cc(C2CC(CS(=O)(=O)[O-])CCO2)[nH]n1. The van der Waals surface area contributed by atoms with Gasteiger partial charge < -0.3 is 9.29 Å². The number of ether oxygens (including phenoxy) is 1. The van der Waals surface area contributed by atoms with Gasteiger partial charge in [-0.05, 0) is 24.8 Å². The molecule has 0 radical (unpaired) electrons. The number of nitrogens with zero attached hydrogens (tertiary/aromatic N) is 1. The highest BCUT2D eigenvalue weighted by Gasteiger charge is 2.31. The van der Waals surface area contributed by atoms with E-state index in [0.29, 0.717) is 18.5 Å². The zero-order valence-electron chi connectivity index (χ0n) is 10.8. The summed E-state index contributed by atoms with van der Waals surface area (Å²) in [4.78, 5) is 0. The number of halogens is 2. The van der Waals surface area contributed by atoms with Crippen molar-refractivity contribution in [1.29, 1.82) is 0 Å². The van der Waals surface area contributed by atoms with E-state index in [1.807, 2.05) is 0 Å². The molecule has 1 N–H and O–H groups in total. The molecular weight excluding hydrogens is 294 g/mol. The Morgan fingerprint density at radius 2 is 2.30 bits per heavy atom. The molecule has 2 heterocycles. The molecule has 1 aromatic heterocycles. The third kappa shape index (κ3) is 3.97. The van der Waals surface area contributed by atoms with Gasteiger partial charge in [0.05, 0.1) is 21.9 Å². The van der Waals surface area contributed by atoms with Gasteiger partial charge in [0.2, 0.25) is 0 Å². The normalized spacial score (nSPS) is 24.8. The van der Waals surface area contributed by atoms with Crippen LogP contribution in [0.15, 0.2) is 6.07 Å². The molecule has 1 aliphatic heterocycles. The van der Waals surface area contributed by atoms with Crippen LogP contribution in [-0.2, 0) is 20.8 Å². The molecule has 0 bridgehead atoms. The third-order valence-electron chi connectivity index (χ3n) is 3.23. The molecule has 20 heavy (non-hydrogen) atoms. The molecule has 2 atom stereocenters. The minimum atomic E-state index is -4.30. The maximum Gasteiger partial charge on any atom is 0.288 e. The van der Waals surface area contributed by atoms with Crippen LogP contribution < -0.4 is 0 Å². The lowest BCUT2D eigenvalue weighted by Gasteiger charge is -2.29. The highest BCUT2D eigenvalue weighted by Crippen LogP contribution is 2.33. The van der Waals surface area contributed by atoms with Gasteiger partial charge >= 0.3 is 0 Å². The van der Waals surface area contributed by atoms with E-state index in [0.717, 1.165) is 6.92 Å². The second-order valence-corrected chi connectivity index (χ2v) is 6.52. The number of aromatic nitrogens is 2. The van der Waals surface area contributed by atoms with E-state index in [1.54, 1.807) is 0 Å². The summed E-state index contributed by atoms with van der Waals surface area (Å²) in [5.41, 5.74) is -0.0239. The van der Waals surface area contributed by atoms with Crippen LogP contribution in [0.4, 0.5) is 8.78 Å². The van der Waals surface area contributed by atoms with E-state index < -0.39 is 33.6 Å². The maximum atomic E-state index is 13.1. The number of aromatic amines is 1. The molecule has 1 aliphatic rings. The van der Waals surface area contributed by atoms with Crippen molar-refractivity contribution in [2.24, 2.45) is 5.92 Å². The van der Waals surface area contributed by atoms with E-state index in [-0.39, 0.29) is 12.5 Å². The highest BCUT2D eigenvalue weighted by atomic mass is 32.2. The third-order valence-corrected chi connectivity index (χ3v) is 4.11. The molecule has 0 amide bonds. The smallest absolute Gasteiger partial charge is 0.288 e. The predicted molar refractivity (Wildman–Crippen MR) is 64.1 cm³/mol. The molecule has 0 spiro atoms. The van der Waals surface area contributed by atoms with Crippen LogP contribution in [0.25, 0.3) is 0 Å². The number of rotatable bonds is 4. The van der Waals surface area contributed by atoms with Crippen LogP contribution in [0.3, 0.4) is 0 Å². The number of alkyl halides is 2. The number of nitrogens with one attached hydrogen (secondary N) is 1. The fraction of sp³-hybridized carbons (Fsp3) is 0.727. The van der Waals surface area contributed by atoms with Gasteiger partial charge in [0.25, 0.3) is 5.92 Å². The van der Waals surface area contributed by atoms with Crippen LogP contribution >= 0.6 is 0 Å². The number of hydrogen-bond acceptors (Lipinski definition) is 5. The Hall–Kier alpha value is -1.06. The van der Waals surface area contributed by atoms with Gasteiger partial charge in [0.15, 0.2) is 0 Å². The van der Waals surface area contributed by atoms with E-state index in [4.69, 9.17) is 4.74 Å². The van der Waals surface area contributed by atoms with Crippen molar-refractivity contribution in [3.63, 3.8) is 0 Å². The molecule has 9 heteroatoms. The van der Waals surface area contributed by atoms with E-state index >= 15 is 0 Å². The lowest BCUT2D eigenvalue weighted by Crippen LogP contribution is -2.25. The lowest BCUT2D eigenvalue weighted by atomic mass is 9.95. The van der Waals surface area contributed by atoms with Gasteiger partial charge in [-0.2, -0.15) is 13.9 Å². The number of H-pyrrole nitrogens is 1. The molecule has 6 nitrogen and oxygen atoms in total. The van der Waals surface area contributed by atoms with Crippen molar-refractivity contribution >= 4 is 10.1 Å². The second kappa shape index (κ2) is 5.38. The average Bonchev–Trinajstić information content (AvgIpc) is 2.75. The Bertz CT molecular complexity index is 567. The topological polar surface area (TPSA) is 95.1 Å². The molecule has 114 valence electrons. The summed E-state index contributed by atoms with van der Waals surface area (Å²) in [6, 6.07) is 1.21. The summed E-state index contributed by atoms with van der Waals surface area (Å²) < 4.78 is 63.9. The van der Waals surface area contributed by atoms with Crippen LogP contribution in [0, 0.1) is 5.92 Å². The summed E-state index contributed by atoms with van der Waals surface area (Å²) in [6.07, 6.45) is 0.209. The second-order valence-electron chi connectivity index (χ2n) is 5.07. The fourth-order valence-electron chi connectivity index (χ4n) is 2.25. The minimum absolute atomic E-state index is 0.279.